The van der Waals surface area contributed by atoms with Crippen molar-refractivity contribution in [2.75, 3.05) is 24.2 Å². The van der Waals surface area contributed by atoms with Crippen LogP contribution in [0.5, 0.6) is 0 Å². The SMILES string of the molecule is CCn1[nH]cc(C(=O)c2ccc(S(C)(=O)=O)c(N3CCCCC3)c2Cl)c1=O. The Morgan fingerprint density at radius 3 is 2.41 bits per heavy atom. The normalized spacial score (nSPS) is 15.1. The van der Waals surface area contributed by atoms with Gasteiger partial charge in [0.1, 0.15) is 5.56 Å². The number of ketones is 1. The summed E-state index contributed by atoms with van der Waals surface area (Å²) < 4.78 is 25.9. The van der Waals surface area contributed by atoms with Crippen LogP contribution in [-0.2, 0) is 16.4 Å². The number of sulfone groups is 1. The van der Waals surface area contributed by atoms with Crippen molar-refractivity contribution in [3.8, 4) is 0 Å². The highest BCUT2D eigenvalue weighted by atomic mass is 35.5. The number of halogens is 1. The molecule has 1 fully saturated rings. The van der Waals surface area contributed by atoms with Gasteiger partial charge in [-0.2, -0.15) is 0 Å². The van der Waals surface area contributed by atoms with E-state index in [0.717, 1.165) is 25.5 Å². The molecule has 1 aliphatic rings. The first-order valence-corrected chi connectivity index (χ1v) is 11.1. The molecular formula is C18H22ClN3O4S. The summed E-state index contributed by atoms with van der Waals surface area (Å²) in [7, 11) is -3.53. The van der Waals surface area contributed by atoms with E-state index in [-0.39, 0.29) is 21.0 Å². The standard InChI is InChI=1S/C18H22ClN3O4S/c1-3-22-18(24)13(11-20-22)17(23)12-7-8-14(27(2,25)26)16(15(12)19)21-9-5-4-6-10-21/h7-8,11,20H,3-6,9-10H2,1-2H3. The van der Waals surface area contributed by atoms with E-state index >= 15 is 0 Å². The fourth-order valence-electron chi connectivity index (χ4n) is 3.38. The Morgan fingerprint density at radius 1 is 1.19 bits per heavy atom. The van der Waals surface area contributed by atoms with Crippen LogP contribution in [0.3, 0.4) is 0 Å². The van der Waals surface area contributed by atoms with Gasteiger partial charge in [-0.25, -0.2) is 8.42 Å². The van der Waals surface area contributed by atoms with Gasteiger partial charge in [-0.05, 0) is 38.3 Å². The first-order valence-electron chi connectivity index (χ1n) is 8.86. The Hall–Kier alpha value is -2.06. The first-order chi connectivity index (χ1) is 12.8. The lowest BCUT2D eigenvalue weighted by molar-refractivity contribution is 0.103. The van der Waals surface area contributed by atoms with Crippen LogP contribution in [0.2, 0.25) is 5.02 Å². The number of aromatic amines is 1. The Kier molecular flexibility index (Phi) is 5.48. The summed E-state index contributed by atoms with van der Waals surface area (Å²) in [4.78, 5) is 27.2. The van der Waals surface area contributed by atoms with Gasteiger partial charge in [0.2, 0.25) is 5.78 Å². The molecule has 9 heteroatoms. The van der Waals surface area contributed by atoms with Gasteiger partial charge in [0, 0.05) is 37.7 Å². The van der Waals surface area contributed by atoms with Gasteiger partial charge in [0.25, 0.3) is 5.56 Å². The Labute approximate surface area is 162 Å². The van der Waals surface area contributed by atoms with Gasteiger partial charge in [-0.1, -0.05) is 11.6 Å². The molecule has 1 aliphatic heterocycles. The van der Waals surface area contributed by atoms with Crippen LogP contribution in [0.25, 0.3) is 0 Å². The van der Waals surface area contributed by atoms with Crippen LogP contribution in [0.15, 0.2) is 28.0 Å². The predicted octanol–water partition coefficient (Wildman–Crippen LogP) is 2.47. The Bertz CT molecular complexity index is 1030. The summed E-state index contributed by atoms with van der Waals surface area (Å²) in [6.07, 6.45) is 5.41. The van der Waals surface area contributed by atoms with Crippen LogP contribution in [0, 0.1) is 0 Å². The molecule has 1 saturated heterocycles. The van der Waals surface area contributed by atoms with E-state index in [0.29, 0.717) is 25.3 Å². The van der Waals surface area contributed by atoms with E-state index < -0.39 is 21.2 Å². The van der Waals surface area contributed by atoms with Crippen LogP contribution in [0.4, 0.5) is 5.69 Å². The van der Waals surface area contributed by atoms with E-state index in [9.17, 15) is 18.0 Å². The van der Waals surface area contributed by atoms with Crippen LogP contribution >= 0.6 is 11.6 Å². The smallest absolute Gasteiger partial charge is 0.277 e. The third-order valence-electron chi connectivity index (χ3n) is 4.80. The average molecular weight is 412 g/mol. The number of nitrogens with one attached hydrogen (secondary N) is 1. The molecule has 2 heterocycles. The number of H-pyrrole nitrogens is 1. The Balaban J connectivity index is 2.16. The van der Waals surface area contributed by atoms with E-state index in [1.807, 2.05) is 4.90 Å². The fourth-order valence-corrected chi connectivity index (χ4v) is 4.71. The summed E-state index contributed by atoms with van der Waals surface area (Å²) in [6.45, 7) is 3.54. The second-order valence-corrected chi connectivity index (χ2v) is 9.02. The second-order valence-electron chi connectivity index (χ2n) is 6.66. The van der Waals surface area contributed by atoms with E-state index in [2.05, 4.69) is 5.10 Å². The van der Waals surface area contributed by atoms with Gasteiger partial charge in [0.05, 0.1) is 15.6 Å². The van der Waals surface area contributed by atoms with Gasteiger partial charge < -0.3 is 10.00 Å². The number of nitrogens with zero attached hydrogens (tertiary/aromatic N) is 2. The lowest BCUT2D eigenvalue weighted by Gasteiger charge is -2.31. The highest BCUT2D eigenvalue weighted by Crippen LogP contribution is 2.38. The molecule has 7 nitrogen and oxygen atoms in total. The number of anilines is 1. The zero-order chi connectivity index (χ0) is 19.8. The molecule has 1 aromatic heterocycles. The molecule has 0 saturated carbocycles. The minimum atomic E-state index is -3.53. The zero-order valence-corrected chi connectivity index (χ0v) is 16.9. The molecule has 0 amide bonds. The van der Waals surface area contributed by atoms with Gasteiger partial charge in [-0.3, -0.25) is 14.3 Å². The number of piperidine rings is 1. The number of benzene rings is 1. The molecule has 0 unspecified atom stereocenters. The molecule has 2 aromatic rings. The zero-order valence-electron chi connectivity index (χ0n) is 15.3. The van der Waals surface area contributed by atoms with E-state index in [1.165, 1.54) is 23.0 Å². The largest absolute Gasteiger partial charge is 0.369 e. The van der Waals surface area contributed by atoms with E-state index in [1.54, 1.807) is 6.92 Å². The predicted molar refractivity (Wildman–Crippen MR) is 105 cm³/mol. The molecule has 1 N–H and O–H groups in total. The number of aromatic nitrogens is 2. The molecule has 0 atom stereocenters. The molecule has 0 bridgehead atoms. The monoisotopic (exact) mass is 411 g/mol. The van der Waals surface area contributed by atoms with Crippen molar-refractivity contribution in [1.29, 1.82) is 0 Å². The van der Waals surface area contributed by atoms with Crippen molar-refractivity contribution in [3.05, 3.63) is 44.8 Å². The van der Waals surface area contributed by atoms with Gasteiger partial charge in [-0.15, -0.1) is 0 Å². The number of hydrogen-bond acceptors (Lipinski definition) is 5. The molecule has 146 valence electrons. The number of carbonyl (C=O) groups excluding carboxylic acids is 1. The van der Waals surface area contributed by atoms with Gasteiger partial charge in [0.15, 0.2) is 9.84 Å². The van der Waals surface area contributed by atoms with Crippen molar-refractivity contribution in [1.82, 2.24) is 9.78 Å². The van der Waals surface area contributed by atoms with Crippen LogP contribution < -0.4 is 10.5 Å². The quantitative estimate of drug-likeness (QED) is 0.763. The molecule has 3 rings (SSSR count). The Morgan fingerprint density at radius 2 is 1.85 bits per heavy atom. The maximum absolute atomic E-state index is 12.9. The van der Waals surface area contributed by atoms with Crippen molar-refractivity contribution in [2.45, 2.75) is 37.6 Å². The topological polar surface area (TPSA) is 92.2 Å². The fraction of sp³-hybridized carbons (Fsp3) is 0.444. The number of rotatable bonds is 5. The van der Waals surface area contributed by atoms with Crippen molar-refractivity contribution < 1.29 is 13.2 Å². The molecular weight excluding hydrogens is 390 g/mol. The summed E-state index contributed by atoms with van der Waals surface area (Å²) in [6, 6.07) is 2.79. The maximum Gasteiger partial charge on any atom is 0.277 e. The van der Waals surface area contributed by atoms with Crippen molar-refractivity contribution in [3.63, 3.8) is 0 Å². The number of carbonyl (C=O) groups is 1. The highest BCUT2D eigenvalue weighted by molar-refractivity contribution is 7.90. The number of hydrogen-bond donors (Lipinski definition) is 1. The average Bonchev–Trinajstić information content (AvgIpc) is 3.01. The highest BCUT2D eigenvalue weighted by Gasteiger charge is 2.28. The third-order valence-corrected chi connectivity index (χ3v) is 6.31. The lowest BCUT2D eigenvalue weighted by atomic mass is 10.0. The van der Waals surface area contributed by atoms with Crippen LogP contribution in [-0.4, -0.2) is 43.3 Å². The third kappa shape index (κ3) is 3.68. The van der Waals surface area contributed by atoms with Gasteiger partial charge >= 0.3 is 0 Å². The van der Waals surface area contributed by atoms with Crippen molar-refractivity contribution in [2.24, 2.45) is 0 Å². The molecule has 0 spiro atoms. The first kappa shape index (κ1) is 19.7. The summed E-state index contributed by atoms with van der Waals surface area (Å²) in [5.41, 5.74) is 0.0424. The van der Waals surface area contributed by atoms with Crippen LogP contribution in [0.1, 0.15) is 42.1 Å². The molecule has 1 aromatic carbocycles. The maximum atomic E-state index is 12.9. The summed E-state index contributed by atoms with van der Waals surface area (Å²) >= 11 is 6.55. The van der Waals surface area contributed by atoms with E-state index in [4.69, 9.17) is 11.6 Å². The van der Waals surface area contributed by atoms with Crippen molar-refractivity contribution >= 4 is 32.9 Å². The molecule has 27 heavy (non-hydrogen) atoms. The summed E-state index contributed by atoms with van der Waals surface area (Å²) in [5.74, 6) is -0.522. The molecule has 0 radical (unpaired) electrons. The lowest BCUT2D eigenvalue weighted by Crippen LogP contribution is -2.31. The minimum absolute atomic E-state index is 0.0181. The summed E-state index contributed by atoms with van der Waals surface area (Å²) in [5, 5.41) is 2.82. The minimum Gasteiger partial charge on any atom is -0.369 e. The number of aryl methyl sites for hydroxylation is 1. The molecule has 0 aliphatic carbocycles. The second kappa shape index (κ2) is 7.52.